The van der Waals surface area contributed by atoms with Crippen LogP contribution in [0.25, 0.3) is 0 Å². The largest absolute Gasteiger partial charge is 0.459 e. The highest BCUT2D eigenvalue weighted by Crippen LogP contribution is 2.26. The van der Waals surface area contributed by atoms with Crippen LogP contribution in [-0.4, -0.2) is 11.9 Å². The van der Waals surface area contributed by atoms with Crippen LogP contribution < -0.4 is 16.0 Å². The Hall–Kier alpha value is -2.77. The second kappa shape index (κ2) is 7.87. The first-order valence-corrected chi connectivity index (χ1v) is 8.59. The monoisotopic (exact) mass is 375 g/mol. The molecule has 0 fully saturated rings. The number of anilines is 2. The number of urea groups is 1. The number of carbonyl (C=O) groups excluding carboxylic acids is 2. The number of nitrogens with one attached hydrogen (secondary N) is 3. The molecular weight excluding hydrogens is 362 g/mol. The van der Waals surface area contributed by atoms with Crippen LogP contribution in [0.15, 0.2) is 58.5 Å². The van der Waals surface area contributed by atoms with E-state index >= 15 is 0 Å². The van der Waals surface area contributed by atoms with Crippen molar-refractivity contribution in [2.24, 2.45) is 0 Å². The van der Waals surface area contributed by atoms with E-state index in [0.717, 1.165) is 4.88 Å². The fourth-order valence-electron chi connectivity index (χ4n) is 2.04. The van der Waals surface area contributed by atoms with Crippen LogP contribution in [0.5, 0.6) is 0 Å². The highest BCUT2D eigenvalue weighted by Gasteiger charge is 2.12. The van der Waals surface area contributed by atoms with Gasteiger partial charge in [-0.2, -0.15) is 0 Å². The molecule has 3 aromatic rings. The summed E-state index contributed by atoms with van der Waals surface area (Å²) in [6, 6.07) is 11.5. The Balaban J connectivity index is 1.57. The lowest BCUT2D eigenvalue weighted by molar-refractivity contribution is 0.0996. The lowest BCUT2D eigenvalue weighted by atomic mass is 10.2. The molecule has 0 aliphatic carbocycles. The lowest BCUT2D eigenvalue weighted by Crippen LogP contribution is -2.27. The van der Waals surface area contributed by atoms with Gasteiger partial charge in [0.15, 0.2) is 5.76 Å². The molecule has 128 valence electrons. The van der Waals surface area contributed by atoms with E-state index in [2.05, 4.69) is 16.0 Å². The fraction of sp³-hybridized carbons (Fsp3) is 0.0588. The predicted molar refractivity (Wildman–Crippen MR) is 98.3 cm³/mol. The minimum absolute atomic E-state index is 0.186. The zero-order valence-electron chi connectivity index (χ0n) is 12.9. The summed E-state index contributed by atoms with van der Waals surface area (Å²) in [6.45, 7) is 0.453. The van der Waals surface area contributed by atoms with Gasteiger partial charge >= 0.3 is 6.03 Å². The summed E-state index contributed by atoms with van der Waals surface area (Å²) >= 11 is 7.73. The Kier molecular flexibility index (Phi) is 5.37. The Labute approximate surface area is 152 Å². The van der Waals surface area contributed by atoms with Gasteiger partial charge in [-0.3, -0.25) is 4.79 Å². The van der Waals surface area contributed by atoms with E-state index in [1.807, 2.05) is 17.5 Å². The summed E-state index contributed by atoms with van der Waals surface area (Å²) in [5, 5.41) is 10.3. The molecule has 0 unspecified atom stereocenters. The molecular formula is C17H14ClN3O3S. The van der Waals surface area contributed by atoms with E-state index in [1.54, 1.807) is 41.7 Å². The van der Waals surface area contributed by atoms with Gasteiger partial charge in [-0.05, 0) is 41.8 Å². The number of carbonyl (C=O) groups is 2. The van der Waals surface area contributed by atoms with Crippen molar-refractivity contribution in [3.63, 3.8) is 0 Å². The second-order valence-electron chi connectivity index (χ2n) is 5.01. The SMILES string of the molecule is O=C(NCc1cccs1)Nc1ccc(NC(=O)c2ccco2)c(Cl)c1. The van der Waals surface area contributed by atoms with Crippen molar-refractivity contribution in [3.05, 3.63) is 69.8 Å². The first-order chi connectivity index (χ1) is 12.1. The molecule has 0 aliphatic heterocycles. The van der Waals surface area contributed by atoms with Crippen molar-refractivity contribution >= 4 is 46.3 Å². The number of furan rings is 1. The standard InChI is InChI=1S/C17H14ClN3O3S/c18-13-9-11(20-17(23)19-10-12-3-2-8-25-12)5-6-14(13)21-16(22)15-4-1-7-24-15/h1-9H,10H2,(H,21,22)(H2,19,20,23). The van der Waals surface area contributed by atoms with Crippen LogP contribution in [0.4, 0.5) is 16.2 Å². The van der Waals surface area contributed by atoms with E-state index in [0.29, 0.717) is 22.9 Å². The summed E-state index contributed by atoms with van der Waals surface area (Å²) in [4.78, 5) is 24.9. The minimum Gasteiger partial charge on any atom is -0.459 e. The van der Waals surface area contributed by atoms with Crippen molar-refractivity contribution in [1.29, 1.82) is 0 Å². The molecule has 3 N–H and O–H groups in total. The van der Waals surface area contributed by atoms with Crippen LogP contribution >= 0.6 is 22.9 Å². The fourth-order valence-corrected chi connectivity index (χ4v) is 2.91. The number of hydrogen-bond donors (Lipinski definition) is 3. The minimum atomic E-state index is -0.402. The molecule has 2 aromatic heterocycles. The summed E-state index contributed by atoms with van der Waals surface area (Å²) in [5.74, 6) is -0.215. The number of amides is 3. The molecule has 25 heavy (non-hydrogen) atoms. The summed E-state index contributed by atoms with van der Waals surface area (Å²) in [7, 11) is 0. The van der Waals surface area contributed by atoms with Gasteiger partial charge in [-0.1, -0.05) is 17.7 Å². The molecule has 0 saturated heterocycles. The Morgan fingerprint density at radius 1 is 1.12 bits per heavy atom. The van der Waals surface area contributed by atoms with Gasteiger partial charge in [0.2, 0.25) is 0 Å². The summed E-state index contributed by atoms with van der Waals surface area (Å²) in [6.07, 6.45) is 1.42. The molecule has 0 spiro atoms. The molecule has 1 aromatic carbocycles. The van der Waals surface area contributed by atoms with Crippen LogP contribution in [0, 0.1) is 0 Å². The lowest BCUT2D eigenvalue weighted by Gasteiger charge is -2.10. The van der Waals surface area contributed by atoms with Gasteiger partial charge in [-0.15, -0.1) is 11.3 Å². The Morgan fingerprint density at radius 3 is 2.68 bits per heavy atom. The zero-order valence-corrected chi connectivity index (χ0v) is 14.5. The van der Waals surface area contributed by atoms with E-state index in [1.165, 1.54) is 6.26 Å². The zero-order chi connectivity index (χ0) is 17.6. The van der Waals surface area contributed by atoms with Gasteiger partial charge in [0.1, 0.15) is 0 Å². The van der Waals surface area contributed by atoms with Crippen molar-refractivity contribution in [1.82, 2.24) is 5.32 Å². The van der Waals surface area contributed by atoms with Crippen molar-refractivity contribution in [3.8, 4) is 0 Å². The molecule has 0 radical (unpaired) electrons. The van der Waals surface area contributed by atoms with Crippen LogP contribution in [0.1, 0.15) is 15.4 Å². The third-order valence-corrected chi connectivity index (χ3v) is 4.41. The number of halogens is 1. The van der Waals surface area contributed by atoms with Crippen LogP contribution in [0.2, 0.25) is 5.02 Å². The van der Waals surface area contributed by atoms with E-state index in [-0.39, 0.29) is 11.8 Å². The first kappa shape index (κ1) is 17.1. The van der Waals surface area contributed by atoms with Crippen LogP contribution in [0.3, 0.4) is 0 Å². The number of thiophene rings is 1. The van der Waals surface area contributed by atoms with Gasteiger partial charge < -0.3 is 20.4 Å². The molecule has 8 heteroatoms. The third-order valence-electron chi connectivity index (χ3n) is 3.22. The van der Waals surface area contributed by atoms with E-state index in [4.69, 9.17) is 16.0 Å². The van der Waals surface area contributed by atoms with Gasteiger partial charge in [0, 0.05) is 10.6 Å². The van der Waals surface area contributed by atoms with E-state index < -0.39 is 5.91 Å². The highest BCUT2D eigenvalue weighted by molar-refractivity contribution is 7.09. The van der Waals surface area contributed by atoms with Crippen molar-refractivity contribution < 1.29 is 14.0 Å². The average molecular weight is 376 g/mol. The van der Waals surface area contributed by atoms with Gasteiger partial charge in [0.25, 0.3) is 5.91 Å². The maximum atomic E-state index is 11.9. The Morgan fingerprint density at radius 2 is 2.00 bits per heavy atom. The molecule has 2 heterocycles. The highest BCUT2D eigenvalue weighted by atomic mass is 35.5. The topological polar surface area (TPSA) is 83.4 Å². The van der Waals surface area contributed by atoms with Crippen LogP contribution in [-0.2, 0) is 6.54 Å². The molecule has 0 saturated carbocycles. The first-order valence-electron chi connectivity index (χ1n) is 7.33. The summed E-state index contributed by atoms with van der Waals surface area (Å²) in [5.41, 5.74) is 0.942. The number of benzene rings is 1. The predicted octanol–water partition coefficient (Wildman–Crippen LogP) is 4.57. The molecule has 0 bridgehead atoms. The maximum absolute atomic E-state index is 11.9. The third kappa shape index (κ3) is 4.62. The molecule has 6 nitrogen and oxygen atoms in total. The van der Waals surface area contributed by atoms with Crippen molar-refractivity contribution in [2.75, 3.05) is 10.6 Å². The van der Waals surface area contributed by atoms with Gasteiger partial charge in [0.05, 0.1) is 23.5 Å². The number of hydrogen-bond acceptors (Lipinski definition) is 4. The average Bonchev–Trinajstić information content (AvgIpc) is 3.29. The molecule has 3 amide bonds. The number of rotatable bonds is 5. The normalized spacial score (nSPS) is 10.3. The summed E-state index contributed by atoms with van der Waals surface area (Å²) < 4.78 is 5.02. The molecule has 3 rings (SSSR count). The smallest absolute Gasteiger partial charge is 0.319 e. The quantitative estimate of drug-likeness (QED) is 0.610. The second-order valence-corrected chi connectivity index (χ2v) is 6.45. The van der Waals surface area contributed by atoms with Gasteiger partial charge in [-0.25, -0.2) is 4.79 Å². The van der Waals surface area contributed by atoms with Crippen molar-refractivity contribution in [2.45, 2.75) is 6.54 Å². The molecule has 0 atom stereocenters. The Bertz CT molecular complexity index is 863. The molecule has 0 aliphatic rings. The van der Waals surface area contributed by atoms with E-state index in [9.17, 15) is 9.59 Å². The maximum Gasteiger partial charge on any atom is 0.319 e.